The van der Waals surface area contributed by atoms with Crippen LogP contribution in [0.1, 0.15) is 24.8 Å². The molecule has 1 fully saturated rings. The van der Waals surface area contributed by atoms with E-state index in [1.54, 1.807) is 12.1 Å². The van der Waals surface area contributed by atoms with Gasteiger partial charge in [0.2, 0.25) is 5.91 Å². The number of carbonyl (C=O) groups is 3. The van der Waals surface area contributed by atoms with E-state index in [-0.39, 0.29) is 11.6 Å². The summed E-state index contributed by atoms with van der Waals surface area (Å²) in [6, 6.07) is 7.26. The Hall–Kier alpha value is -1.97. The maximum absolute atomic E-state index is 11.9. The fraction of sp³-hybridized carbons (Fsp3) is 0.357. The molecule has 0 atom stereocenters. The normalized spacial score (nSPS) is 16.7. The van der Waals surface area contributed by atoms with Crippen LogP contribution in [0.3, 0.4) is 0 Å². The minimum absolute atomic E-state index is 0.267. The molecule has 0 saturated heterocycles. The van der Waals surface area contributed by atoms with Gasteiger partial charge >= 0.3 is 0 Å². The van der Waals surface area contributed by atoms with Crippen molar-refractivity contribution in [1.29, 1.82) is 0 Å². The van der Waals surface area contributed by atoms with Crippen LogP contribution in [-0.2, 0) is 14.4 Å². The van der Waals surface area contributed by atoms with Gasteiger partial charge in [-0.25, -0.2) is 0 Å². The summed E-state index contributed by atoms with van der Waals surface area (Å²) in [6.07, 6.45) is 1.20. The quantitative estimate of drug-likeness (QED) is 0.809. The van der Waals surface area contributed by atoms with Crippen molar-refractivity contribution in [3.8, 4) is 0 Å². The van der Waals surface area contributed by atoms with Gasteiger partial charge in [0, 0.05) is 18.5 Å². The second-order valence-electron chi connectivity index (χ2n) is 4.58. The van der Waals surface area contributed by atoms with Gasteiger partial charge in [-0.05, 0) is 31.0 Å². The molecule has 2 rings (SSSR count). The molecule has 1 aromatic rings. The molecule has 1 amide bonds. The number of amides is 1. The molecule has 0 radical (unpaired) electrons. The Labute approximate surface area is 105 Å². The number of carbonyl (C=O) groups excluding carboxylic acids is 3. The SMILES string of the molecule is Cc1cccc(NC(=O)C2C(=O)CCCC2=O)c1. The van der Waals surface area contributed by atoms with Crippen LogP contribution in [0.25, 0.3) is 0 Å². The summed E-state index contributed by atoms with van der Waals surface area (Å²) in [6.45, 7) is 1.91. The summed E-state index contributed by atoms with van der Waals surface area (Å²) >= 11 is 0. The van der Waals surface area contributed by atoms with Gasteiger partial charge < -0.3 is 5.32 Å². The van der Waals surface area contributed by atoms with Crippen molar-refractivity contribution < 1.29 is 14.4 Å². The third-order valence-corrected chi connectivity index (χ3v) is 3.04. The zero-order chi connectivity index (χ0) is 13.1. The molecule has 0 aliphatic heterocycles. The van der Waals surface area contributed by atoms with E-state index in [2.05, 4.69) is 5.32 Å². The Morgan fingerprint density at radius 1 is 1.22 bits per heavy atom. The lowest BCUT2D eigenvalue weighted by Gasteiger charge is -2.18. The molecule has 18 heavy (non-hydrogen) atoms. The number of nitrogens with one attached hydrogen (secondary N) is 1. The van der Waals surface area contributed by atoms with E-state index in [4.69, 9.17) is 0 Å². The highest BCUT2D eigenvalue weighted by molar-refractivity contribution is 6.22. The summed E-state index contributed by atoms with van der Waals surface area (Å²) in [4.78, 5) is 35.2. The predicted octanol–water partition coefficient (Wildman–Crippen LogP) is 1.87. The highest BCUT2D eigenvalue weighted by atomic mass is 16.2. The number of rotatable bonds is 2. The van der Waals surface area contributed by atoms with Gasteiger partial charge in [0.25, 0.3) is 0 Å². The monoisotopic (exact) mass is 245 g/mol. The van der Waals surface area contributed by atoms with Gasteiger partial charge in [0.05, 0.1) is 0 Å². The number of hydrogen-bond acceptors (Lipinski definition) is 3. The van der Waals surface area contributed by atoms with E-state index in [1.807, 2.05) is 19.1 Å². The van der Waals surface area contributed by atoms with Gasteiger partial charge in [0.1, 0.15) is 0 Å². The summed E-state index contributed by atoms with van der Waals surface area (Å²) < 4.78 is 0. The van der Waals surface area contributed by atoms with Gasteiger partial charge in [-0.1, -0.05) is 12.1 Å². The van der Waals surface area contributed by atoms with Gasteiger partial charge in [-0.15, -0.1) is 0 Å². The Balaban J connectivity index is 2.12. The molecule has 1 aromatic carbocycles. The van der Waals surface area contributed by atoms with Crippen molar-refractivity contribution in [1.82, 2.24) is 0 Å². The van der Waals surface area contributed by atoms with Crippen molar-refractivity contribution in [3.63, 3.8) is 0 Å². The summed E-state index contributed by atoms with van der Waals surface area (Å²) in [5.41, 5.74) is 1.63. The van der Waals surface area contributed by atoms with Crippen molar-refractivity contribution in [3.05, 3.63) is 29.8 Å². The minimum atomic E-state index is -1.11. The topological polar surface area (TPSA) is 63.2 Å². The van der Waals surface area contributed by atoms with Crippen molar-refractivity contribution >= 4 is 23.2 Å². The van der Waals surface area contributed by atoms with Crippen LogP contribution in [0.4, 0.5) is 5.69 Å². The van der Waals surface area contributed by atoms with Gasteiger partial charge in [-0.3, -0.25) is 14.4 Å². The van der Waals surface area contributed by atoms with E-state index in [0.29, 0.717) is 24.9 Å². The molecular formula is C14H15NO3. The lowest BCUT2D eigenvalue weighted by atomic mass is 9.86. The van der Waals surface area contributed by atoms with Crippen LogP contribution in [-0.4, -0.2) is 17.5 Å². The smallest absolute Gasteiger partial charge is 0.242 e. The maximum Gasteiger partial charge on any atom is 0.242 e. The molecule has 1 aliphatic carbocycles. The maximum atomic E-state index is 11.9. The number of ketones is 2. The molecule has 0 bridgehead atoms. The van der Waals surface area contributed by atoms with E-state index < -0.39 is 11.8 Å². The first-order valence-corrected chi connectivity index (χ1v) is 6.01. The van der Waals surface area contributed by atoms with Gasteiger partial charge in [0.15, 0.2) is 17.5 Å². The minimum Gasteiger partial charge on any atom is -0.325 e. The molecule has 1 aliphatic rings. The molecule has 0 aromatic heterocycles. The molecule has 4 nitrogen and oxygen atoms in total. The number of aryl methyl sites for hydroxylation is 1. The highest BCUT2D eigenvalue weighted by Crippen LogP contribution is 2.19. The van der Waals surface area contributed by atoms with E-state index in [0.717, 1.165) is 5.56 Å². The Kier molecular flexibility index (Phi) is 3.55. The Bertz CT molecular complexity index is 492. The Morgan fingerprint density at radius 2 is 1.89 bits per heavy atom. The first-order valence-electron chi connectivity index (χ1n) is 6.01. The van der Waals surface area contributed by atoms with Gasteiger partial charge in [-0.2, -0.15) is 0 Å². The fourth-order valence-electron chi connectivity index (χ4n) is 2.13. The van der Waals surface area contributed by atoms with Crippen molar-refractivity contribution in [2.75, 3.05) is 5.32 Å². The van der Waals surface area contributed by atoms with Crippen LogP contribution in [0, 0.1) is 12.8 Å². The number of hydrogen-bond donors (Lipinski definition) is 1. The van der Waals surface area contributed by atoms with E-state index >= 15 is 0 Å². The van der Waals surface area contributed by atoms with Crippen LogP contribution < -0.4 is 5.32 Å². The molecule has 0 unspecified atom stereocenters. The molecule has 0 heterocycles. The third-order valence-electron chi connectivity index (χ3n) is 3.04. The van der Waals surface area contributed by atoms with Crippen LogP contribution in [0.2, 0.25) is 0 Å². The van der Waals surface area contributed by atoms with Crippen molar-refractivity contribution in [2.24, 2.45) is 5.92 Å². The van der Waals surface area contributed by atoms with Crippen LogP contribution >= 0.6 is 0 Å². The summed E-state index contributed by atoms with van der Waals surface area (Å²) in [5.74, 6) is -2.15. The predicted molar refractivity (Wildman–Crippen MR) is 67.2 cm³/mol. The first kappa shape index (κ1) is 12.5. The Morgan fingerprint density at radius 3 is 2.50 bits per heavy atom. The second-order valence-corrected chi connectivity index (χ2v) is 4.58. The largest absolute Gasteiger partial charge is 0.325 e. The summed E-state index contributed by atoms with van der Waals surface area (Å²) in [7, 11) is 0. The first-order chi connectivity index (χ1) is 8.58. The van der Waals surface area contributed by atoms with Crippen LogP contribution in [0.15, 0.2) is 24.3 Å². The molecule has 1 saturated carbocycles. The van der Waals surface area contributed by atoms with Crippen molar-refractivity contribution in [2.45, 2.75) is 26.2 Å². The molecule has 4 heteroatoms. The van der Waals surface area contributed by atoms with E-state index in [1.165, 1.54) is 0 Å². The lowest BCUT2D eigenvalue weighted by Crippen LogP contribution is -2.38. The zero-order valence-electron chi connectivity index (χ0n) is 10.2. The second kappa shape index (κ2) is 5.12. The lowest BCUT2D eigenvalue weighted by molar-refractivity contribution is -0.140. The number of benzene rings is 1. The van der Waals surface area contributed by atoms with E-state index in [9.17, 15) is 14.4 Å². The molecule has 94 valence electrons. The fourth-order valence-corrected chi connectivity index (χ4v) is 2.13. The molecule has 0 spiro atoms. The molecular weight excluding hydrogens is 230 g/mol. The third kappa shape index (κ3) is 2.64. The average molecular weight is 245 g/mol. The summed E-state index contributed by atoms with van der Waals surface area (Å²) in [5, 5.41) is 2.63. The number of anilines is 1. The standard InChI is InChI=1S/C14H15NO3/c1-9-4-2-5-10(8-9)15-14(18)13-11(16)6-3-7-12(13)17/h2,4-5,8,13H,3,6-7H2,1H3,(H,15,18). The van der Waals surface area contributed by atoms with Crippen LogP contribution in [0.5, 0.6) is 0 Å². The zero-order valence-corrected chi connectivity index (χ0v) is 10.2. The highest BCUT2D eigenvalue weighted by Gasteiger charge is 2.35. The molecule has 1 N–H and O–H groups in total. The average Bonchev–Trinajstić information content (AvgIpc) is 2.28. The number of Topliss-reactive ketones (excluding diaryl/α,β-unsaturated/α-hetero) is 2.